The zero-order valence-electron chi connectivity index (χ0n) is 11.9. The second-order valence-electron chi connectivity index (χ2n) is 5.69. The Kier molecular flexibility index (Phi) is 3.65. The number of aryl methyl sites for hydroxylation is 1. The smallest absolute Gasteiger partial charge is 0.164 e. The lowest BCUT2D eigenvalue weighted by molar-refractivity contribution is 0.0429. The molecule has 0 spiro atoms. The van der Waals surface area contributed by atoms with E-state index in [1.54, 1.807) is 7.11 Å². The Labute approximate surface area is 115 Å². The minimum atomic E-state index is 0.314. The van der Waals surface area contributed by atoms with Crippen LogP contribution in [0.25, 0.3) is 0 Å². The highest BCUT2D eigenvalue weighted by atomic mass is 16.5. The number of methoxy groups -OCH3 is 1. The number of hydrogen-bond acceptors (Lipinski definition) is 3. The Hall–Kier alpha value is -1.22. The fourth-order valence-electron chi connectivity index (χ4n) is 3.40. The minimum absolute atomic E-state index is 0.314. The summed E-state index contributed by atoms with van der Waals surface area (Å²) in [4.78, 5) is 2.47. The molecule has 2 aliphatic rings. The van der Waals surface area contributed by atoms with Gasteiger partial charge in [-0.15, -0.1) is 0 Å². The number of likely N-dealkylation sites (tertiary alicyclic amines) is 1. The first-order chi connectivity index (χ1) is 9.29. The standard InChI is InChI=1S/C16H23NO2/c1-17-11-4-3-7-13(17)14-10-9-12-6-5-8-15(18-2)16(12)19-14/h5-6,8,13-14H,3-4,7,9-11H2,1-2H3. The summed E-state index contributed by atoms with van der Waals surface area (Å²) in [5.41, 5.74) is 1.29. The van der Waals surface area contributed by atoms with Crippen molar-refractivity contribution in [3.63, 3.8) is 0 Å². The molecule has 0 aromatic heterocycles. The van der Waals surface area contributed by atoms with Gasteiger partial charge in [0.25, 0.3) is 0 Å². The topological polar surface area (TPSA) is 21.7 Å². The SMILES string of the molecule is COc1cccc2c1OC(C1CCCCN1C)CC2. The van der Waals surface area contributed by atoms with Crippen LogP contribution in [0.1, 0.15) is 31.2 Å². The summed E-state index contributed by atoms with van der Waals surface area (Å²) in [5, 5.41) is 0. The van der Waals surface area contributed by atoms with E-state index in [2.05, 4.69) is 18.0 Å². The number of benzene rings is 1. The molecule has 3 nitrogen and oxygen atoms in total. The molecule has 3 heteroatoms. The summed E-state index contributed by atoms with van der Waals surface area (Å²) in [6, 6.07) is 6.75. The van der Waals surface area contributed by atoms with Crippen LogP contribution < -0.4 is 9.47 Å². The summed E-state index contributed by atoms with van der Waals surface area (Å²) in [7, 11) is 3.94. The molecule has 1 aromatic rings. The molecule has 0 amide bonds. The largest absolute Gasteiger partial charge is 0.493 e. The maximum atomic E-state index is 6.30. The lowest BCUT2D eigenvalue weighted by Crippen LogP contribution is -2.48. The Morgan fingerprint density at radius 1 is 1.26 bits per heavy atom. The van der Waals surface area contributed by atoms with Crippen molar-refractivity contribution in [3.8, 4) is 11.5 Å². The van der Waals surface area contributed by atoms with Crippen LogP contribution in [0.15, 0.2) is 18.2 Å². The average Bonchev–Trinajstić information content (AvgIpc) is 2.46. The van der Waals surface area contributed by atoms with Gasteiger partial charge < -0.3 is 9.47 Å². The summed E-state index contributed by atoms with van der Waals surface area (Å²) < 4.78 is 11.7. The molecule has 0 N–H and O–H groups in total. The van der Waals surface area contributed by atoms with Gasteiger partial charge in [-0.3, -0.25) is 4.90 Å². The van der Waals surface area contributed by atoms with E-state index in [0.717, 1.165) is 24.3 Å². The molecule has 0 saturated carbocycles. The number of piperidine rings is 1. The molecule has 104 valence electrons. The molecule has 2 aliphatic heterocycles. The van der Waals surface area contributed by atoms with Crippen molar-refractivity contribution in [2.24, 2.45) is 0 Å². The molecule has 1 aromatic carbocycles. The number of hydrogen-bond donors (Lipinski definition) is 0. The highest BCUT2D eigenvalue weighted by molar-refractivity contribution is 5.47. The van der Waals surface area contributed by atoms with Crippen LogP contribution in [0.5, 0.6) is 11.5 Å². The van der Waals surface area contributed by atoms with Crippen molar-refractivity contribution in [1.29, 1.82) is 0 Å². The van der Waals surface area contributed by atoms with E-state index in [-0.39, 0.29) is 0 Å². The van der Waals surface area contributed by atoms with Gasteiger partial charge in [-0.1, -0.05) is 18.6 Å². The van der Waals surface area contributed by atoms with Crippen molar-refractivity contribution in [2.45, 2.75) is 44.2 Å². The Bertz CT molecular complexity index is 432. The van der Waals surface area contributed by atoms with Crippen molar-refractivity contribution in [1.82, 2.24) is 4.90 Å². The van der Waals surface area contributed by atoms with Crippen molar-refractivity contribution < 1.29 is 9.47 Å². The summed E-state index contributed by atoms with van der Waals surface area (Å²) >= 11 is 0. The van der Waals surface area contributed by atoms with Crippen molar-refractivity contribution >= 4 is 0 Å². The third kappa shape index (κ3) is 2.44. The van der Waals surface area contributed by atoms with Gasteiger partial charge in [0, 0.05) is 6.04 Å². The molecular weight excluding hydrogens is 238 g/mol. The van der Waals surface area contributed by atoms with Crippen LogP contribution in [0.3, 0.4) is 0 Å². The number of rotatable bonds is 2. The molecule has 1 fully saturated rings. The second-order valence-corrected chi connectivity index (χ2v) is 5.69. The van der Waals surface area contributed by atoms with Gasteiger partial charge in [-0.2, -0.15) is 0 Å². The molecule has 0 radical (unpaired) electrons. The first-order valence-electron chi connectivity index (χ1n) is 7.32. The second kappa shape index (κ2) is 5.41. The van der Waals surface area contributed by atoms with Gasteiger partial charge in [0.2, 0.25) is 0 Å². The molecule has 2 heterocycles. The number of para-hydroxylation sites is 1. The first-order valence-corrected chi connectivity index (χ1v) is 7.32. The van der Waals surface area contributed by atoms with Crippen LogP contribution in [-0.2, 0) is 6.42 Å². The highest BCUT2D eigenvalue weighted by Crippen LogP contribution is 2.38. The normalized spacial score (nSPS) is 27.5. The summed E-state index contributed by atoms with van der Waals surface area (Å²) in [6.07, 6.45) is 6.43. The van der Waals surface area contributed by atoms with Crippen molar-refractivity contribution in [3.05, 3.63) is 23.8 Å². The number of likely N-dealkylation sites (N-methyl/N-ethyl adjacent to an activating group) is 1. The van der Waals surface area contributed by atoms with E-state index in [4.69, 9.17) is 9.47 Å². The first kappa shape index (κ1) is 12.8. The molecule has 0 aliphatic carbocycles. The molecule has 19 heavy (non-hydrogen) atoms. The fraction of sp³-hybridized carbons (Fsp3) is 0.625. The molecule has 2 unspecified atom stereocenters. The highest BCUT2D eigenvalue weighted by Gasteiger charge is 2.32. The van der Waals surface area contributed by atoms with Crippen LogP contribution >= 0.6 is 0 Å². The third-order valence-corrected chi connectivity index (χ3v) is 4.50. The van der Waals surface area contributed by atoms with Crippen LogP contribution in [0, 0.1) is 0 Å². The lowest BCUT2D eigenvalue weighted by Gasteiger charge is -2.40. The van der Waals surface area contributed by atoms with Gasteiger partial charge in [-0.05, 0) is 50.9 Å². The Balaban J connectivity index is 1.81. The molecule has 1 saturated heterocycles. The predicted octanol–water partition coefficient (Wildman–Crippen LogP) is 2.87. The Morgan fingerprint density at radius 2 is 2.16 bits per heavy atom. The zero-order chi connectivity index (χ0) is 13.2. The average molecular weight is 261 g/mol. The van der Waals surface area contributed by atoms with Crippen LogP contribution in [0.2, 0.25) is 0 Å². The Morgan fingerprint density at radius 3 is 2.95 bits per heavy atom. The van der Waals surface area contributed by atoms with Gasteiger partial charge >= 0.3 is 0 Å². The minimum Gasteiger partial charge on any atom is -0.493 e. The van der Waals surface area contributed by atoms with Gasteiger partial charge in [-0.25, -0.2) is 0 Å². The van der Waals surface area contributed by atoms with E-state index in [0.29, 0.717) is 12.1 Å². The fourth-order valence-corrected chi connectivity index (χ4v) is 3.40. The van der Waals surface area contributed by atoms with Crippen LogP contribution in [-0.4, -0.2) is 37.7 Å². The number of nitrogens with zero attached hydrogens (tertiary/aromatic N) is 1. The van der Waals surface area contributed by atoms with Gasteiger partial charge in [0.15, 0.2) is 11.5 Å². The van der Waals surface area contributed by atoms with E-state index >= 15 is 0 Å². The van der Waals surface area contributed by atoms with Crippen molar-refractivity contribution in [2.75, 3.05) is 20.7 Å². The summed E-state index contributed by atoms with van der Waals surface area (Å²) in [5.74, 6) is 1.85. The molecule has 0 bridgehead atoms. The van der Waals surface area contributed by atoms with E-state index in [9.17, 15) is 0 Å². The van der Waals surface area contributed by atoms with E-state index < -0.39 is 0 Å². The lowest BCUT2D eigenvalue weighted by atomic mass is 9.91. The molecule has 3 rings (SSSR count). The van der Waals surface area contributed by atoms with Crippen LogP contribution in [0.4, 0.5) is 0 Å². The maximum Gasteiger partial charge on any atom is 0.164 e. The molecular formula is C16H23NO2. The number of ether oxygens (including phenoxy) is 2. The van der Waals surface area contributed by atoms with Gasteiger partial charge in [0.05, 0.1) is 7.11 Å². The van der Waals surface area contributed by atoms with E-state index in [1.165, 1.54) is 31.4 Å². The third-order valence-electron chi connectivity index (χ3n) is 4.50. The number of fused-ring (bicyclic) bond motifs is 1. The quantitative estimate of drug-likeness (QED) is 0.817. The monoisotopic (exact) mass is 261 g/mol. The zero-order valence-corrected chi connectivity index (χ0v) is 11.9. The summed E-state index contributed by atoms with van der Waals surface area (Å²) in [6.45, 7) is 1.20. The molecule has 2 atom stereocenters. The van der Waals surface area contributed by atoms with E-state index in [1.807, 2.05) is 12.1 Å². The van der Waals surface area contributed by atoms with Gasteiger partial charge in [0.1, 0.15) is 6.10 Å². The predicted molar refractivity (Wildman–Crippen MR) is 76.0 cm³/mol. The maximum absolute atomic E-state index is 6.30.